The molecule has 9 N–H and O–H groups in total. The van der Waals surface area contributed by atoms with Gasteiger partial charge >= 0.3 is 11.9 Å². The van der Waals surface area contributed by atoms with E-state index < -0.39 is 18.0 Å². The predicted octanol–water partition coefficient (Wildman–Crippen LogP) is 3.04. The smallest absolute Gasteiger partial charge is 0.320 e. The molecule has 0 spiro atoms. The SMILES string of the molecule is CC(=O)Nc1ccc(C=O)cc1.CCCC(=O)O.NCCCC[C@H](N)C(=O)O.NCCc1ccccc1. The normalized spacial score (nSPS) is 10.1. The monoisotopic (exact) mass is 518 g/mol. The van der Waals surface area contributed by atoms with Gasteiger partial charge in [-0.05, 0) is 68.6 Å². The predicted molar refractivity (Wildman–Crippen MR) is 146 cm³/mol. The van der Waals surface area contributed by atoms with Gasteiger partial charge < -0.3 is 32.7 Å². The number of amides is 1. The quantitative estimate of drug-likeness (QED) is 0.191. The van der Waals surface area contributed by atoms with Crippen molar-refractivity contribution in [3.8, 4) is 0 Å². The third kappa shape index (κ3) is 23.9. The van der Waals surface area contributed by atoms with E-state index >= 15 is 0 Å². The molecule has 0 aliphatic carbocycles. The van der Waals surface area contributed by atoms with Gasteiger partial charge in [-0.25, -0.2) is 0 Å². The van der Waals surface area contributed by atoms with Crippen LogP contribution >= 0.6 is 0 Å². The number of carboxylic acids is 2. The Morgan fingerprint density at radius 3 is 1.92 bits per heavy atom. The number of carbonyl (C=O) groups excluding carboxylic acids is 2. The van der Waals surface area contributed by atoms with Gasteiger partial charge in [0, 0.05) is 24.6 Å². The molecule has 0 aromatic heterocycles. The number of nitrogens with two attached hydrogens (primary N) is 3. The molecule has 0 aliphatic heterocycles. The van der Waals surface area contributed by atoms with Crippen LogP contribution in [0, 0.1) is 0 Å². The molecule has 0 radical (unpaired) electrons. The van der Waals surface area contributed by atoms with Gasteiger partial charge in [-0.15, -0.1) is 0 Å². The number of hydrogen-bond donors (Lipinski definition) is 6. The lowest BCUT2D eigenvalue weighted by Crippen LogP contribution is -2.29. The zero-order valence-electron chi connectivity index (χ0n) is 21.8. The first-order valence-corrected chi connectivity index (χ1v) is 12.1. The number of anilines is 1. The minimum Gasteiger partial charge on any atom is -0.481 e. The molecule has 2 aromatic rings. The van der Waals surface area contributed by atoms with Gasteiger partial charge in [-0.2, -0.15) is 0 Å². The molecule has 1 atom stereocenters. The Morgan fingerprint density at radius 1 is 0.946 bits per heavy atom. The molecule has 0 saturated heterocycles. The Balaban J connectivity index is 0. The average Bonchev–Trinajstić information content (AvgIpc) is 2.86. The van der Waals surface area contributed by atoms with Gasteiger partial charge in [0.15, 0.2) is 0 Å². The van der Waals surface area contributed by atoms with Gasteiger partial charge in [0.1, 0.15) is 12.3 Å². The van der Waals surface area contributed by atoms with E-state index in [4.69, 9.17) is 27.4 Å². The molecule has 0 aliphatic rings. The Hall–Kier alpha value is -3.60. The highest BCUT2D eigenvalue weighted by atomic mass is 16.4. The fourth-order valence-electron chi connectivity index (χ4n) is 2.51. The Bertz CT molecular complexity index is 876. The fourth-order valence-corrected chi connectivity index (χ4v) is 2.51. The number of aldehydes is 1. The number of carboxylic acid groups (broad SMARTS) is 2. The number of aliphatic carboxylic acids is 2. The molecule has 10 heteroatoms. The number of unbranched alkanes of at least 4 members (excludes halogenated alkanes) is 1. The van der Waals surface area contributed by atoms with Crippen LogP contribution in [0.2, 0.25) is 0 Å². The lowest BCUT2D eigenvalue weighted by atomic mass is 10.1. The molecule has 0 heterocycles. The van der Waals surface area contributed by atoms with Crippen molar-refractivity contribution in [1.82, 2.24) is 0 Å². The number of benzene rings is 2. The zero-order chi connectivity index (χ0) is 28.5. The zero-order valence-corrected chi connectivity index (χ0v) is 21.8. The molecule has 0 unspecified atom stereocenters. The lowest BCUT2D eigenvalue weighted by molar-refractivity contribution is -0.139. The van der Waals surface area contributed by atoms with Crippen LogP contribution in [0.4, 0.5) is 5.69 Å². The minimum absolute atomic E-state index is 0.117. The maximum absolute atomic E-state index is 10.6. The third-order valence-electron chi connectivity index (χ3n) is 4.39. The van der Waals surface area contributed by atoms with Crippen molar-refractivity contribution < 1.29 is 29.4 Å². The average molecular weight is 519 g/mol. The van der Waals surface area contributed by atoms with Crippen LogP contribution in [-0.2, 0) is 20.8 Å². The first-order chi connectivity index (χ1) is 17.6. The van der Waals surface area contributed by atoms with E-state index in [1.165, 1.54) is 12.5 Å². The molecule has 0 saturated carbocycles. The summed E-state index contributed by atoms with van der Waals surface area (Å²) in [4.78, 5) is 40.6. The molecule has 0 fully saturated rings. The largest absolute Gasteiger partial charge is 0.481 e. The molecule has 2 aromatic carbocycles. The Morgan fingerprint density at radius 2 is 1.54 bits per heavy atom. The van der Waals surface area contributed by atoms with E-state index in [9.17, 15) is 19.2 Å². The highest BCUT2D eigenvalue weighted by molar-refractivity contribution is 5.89. The fraction of sp³-hybridized carbons (Fsp3) is 0.407. The highest BCUT2D eigenvalue weighted by Gasteiger charge is 2.09. The maximum Gasteiger partial charge on any atom is 0.320 e. The van der Waals surface area contributed by atoms with Crippen molar-refractivity contribution in [3.63, 3.8) is 0 Å². The molecular weight excluding hydrogens is 476 g/mol. The van der Waals surface area contributed by atoms with E-state index in [0.717, 1.165) is 38.5 Å². The van der Waals surface area contributed by atoms with Crippen molar-refractivity contribution in [1.29, 1.82) is 0 Å². The van der Waals surface area contributed by atoms with Crippen molar-refractivity contribution in [2.45, 2.75) is 58.4 Å². The van der Waals surface area contributed by atoms with Gasteiger partial charge in [-0.1, -0.05) is 43.7 Å². The number of hydrogen-bond acceptors (Lipinski definition) is 7. The summed E-state index contributed by atoms with van der Waals surface area (Å²) in [6.07, 6.45) is 4.94. The van der Waals surface area contributed by atoms with Crippen LogP contribution in [0.15, 0.2) is 54.6 Å². The summed E-state index contributed by atoms with van der Waals surface area (Å²) in [6.45, 7) is 4.62. The van der Waals surface area contributed by atoms with Gasteiger partial charge in [-0.3, -0.25) is 19.2 Å². The molecule has 1 amide bonds. The van der Waals surface area contributed by atoms with Gasteiger partial charge in [0.05, 0.1) is 0 Å². The molecule has 2 rings (SSSR count). The summed E-state index contributed by atoms with van der Waals surface area (Å²) in [7, 11) is 0. The number of carbonyl (C=O) groups is 4. The van der Waals surface area contributed by atoms with Crippen molar-refractivity contribution in [2.75, 3.05) is 18.4 Å². The first kappa shape index (κ1) is 35.6. The Kier molecular flexibility index (Phi) is 23.2. The summed E-state index contributed by atoms with van der Waals surface area (Å²) in [5, 5.41) is 18.8. The standard InChI is InChI=1S/C9H9NO2.C8H11N.C6H14N2O2.C4H8O2/c1-7(12)10-9-4-2-8(6-11)3-5-9;9-7-6-8-4-2-1-3-5-8;7-4-2-1-3-5(8)6(9)10;1-2-3-4(5)6/h2-6H,1H3,(H,10,12);1-5H,6-7,9H2;5H,1-4,7-8H2,(H,9,10);2-3H2,1H3,(H,5,6)/t;;5-;/m..0./s1. The lowest BCUT2D eigenvalue weighted by Gasteiger charge is -2.03. The third-order valence-corrected chi connectivity index (χ3v) is 4.39. The molecule has 0 bridgehead atoms. The van der Waals surface area contributed by atoms with Gasteiger partial charge in [0.25, 0.3) is 0 Å². The second-order valence-electron chi connectivity index (χ2n) is 7.82. The van der Waals surface area contributed by atoms with Crippen molar-refractivity contribution in [2.24, 2.45) is 17.2 Å². The van der Waals surface area contributed by atoms with Crippen LogP contribution in [-0.4, -0.2) is 53.5 Å². The van der Waals surface area contributed by atoms with E-state index in [2.05, 4.69) is 17.4 Å². The Labute approximate surface area is 219 Å². The highest BCUT2D eigenvalue weighted by Crippen LogP contribution is 2.07. The first-order valence-electron chi connectivity index (χ1n) is 12.1. The van der Waals surface area contributed by atoms with E-state index in [0.29, 0.717) is 30.6 Å². The van der Waals surface area contributed by atoms with Crippen LogP contribution in [0.1, 0.15) is 61.9 Å². The maximum atomic E-state index is 10.6. The van der Waals surface area contributed by atoms with Crippen LogP contribution < -0.4 is 22.5 Å². The molecular formula is C27H42N4O6. The molecule has 37 heavy (non-hydrogen) atoms. The summed E-state index contributed by atoms with van der Waals surface area (Å²) in [5.74, 6) is -1.76. The summed E-state index contributed by atoms with van der Waals surface area (Å²) < 4.78 is 0. The van der Waals surface area contributed by atoms with Crippen molar-refractivity contribution in [3.05, 3.63) is 65.7 Å². The number of nitrogens with one attached hydrogen (secondary N) is 1. The minimum atomic E-state index is -0.933. The van der Waals surface area contributed by atoms with Crippen molar-refractivity contribution >= 4 is 29.8 Å². The second-order valence-corrected chi connectivity index (χ2v) is 7.82. The molecule has 10 nitrogen and oxygen atoms in total. The summed E-state index contributed by atoms with van der Waals surface area (Å²) in [5.41, 5.74) is 18.4. The second kappa shape index (κ2) is 24.1. The van der Waals surface area contributed by atoms with E-state index in [1.807, 2.05) is 25.1 Å². The van der Waals surface area contributed by atoms with Crippen LogP contribution in [0.3, 0.4) is 0 Å². The topological polar surface area (TPSA) is 199 Å². The van der Waals surface area contributed by atoms with E-state index in [-0.39, 0.29) is 5.91 Å². The summed E-state index contributed by atoms with van der Waals surface area (Å²) >= 11 is 0. The summed E-state index contributed by atoms with van der Waals surface area (Å²) in [6, 6.07) is 16.2. The van der Waals surface area contributed by atoms with Crippen LogP contribution in [0.5, 0.6) is 0 Å². The van der Waals surface area contributed by atoms with E-state index in [1.54, 1.807) is 24.3 Å². The number of rotatable bonds is 11. The van der Waals surface area contributed by atoms with Crippen LogP contribution in [0.25, 0.3) is 0 Å². The molecule has 206 valence electrons. The van der Waals surface area contributed by atoms with Gasteiger partial charge in [0.2, 0.25) is 5.91 Å².